The third-order valence-corrected chi connectivity index (χ3v) is 3.86. The number of hydrogen-bond donors (Lipinski definition) is 1. The number of halogens is 1. The van der Waals surface area contributed by atoms with Gasteiger partial charge in [0.2, 0.25) is 5.43 Å². The molecule has 5 nitrogen and oxygen atoms in total. The average Bonchev–Trinajstić information content (AvgIpc) is 2.89. The van der Waals surface area contributed by atoms with Gasteiger partial charge in [0.05, 0.1) is 5.56 Å². The number of H-pyrrole nitrogens is 1. The first-order chi connectivity index (χ1) is 10.1. The second-order valence-electron chi connectivity index (χ2n) is 4.28. The van der Waals surface area contributed by atoms with E-state index in [1.54, 1.807) is 6.07 Å². The fourth-order valence-corrected chi connectivity index (χ4v) is 2.72. The van der Waals surface area contributed by atoms with Crippen molar-refractivity contribution in [3.05, 3.63) is 56.8 Å². The van der Waals surface area contributed by atoms with Crippen molar-refractivity contribution in [3.63, 3.8) is 0 Å². The Morgan fingerprint density at radius 3 is 2.86 bits per heavy atom. The lowest BCUT2D eigenvalue weighted by Crippen LogP contribution is -2.07. The van der Waals surface area contributed by atoms with Crippen LogP contribution in [0.5, 0.6) is 11.6 Å². The number of thiazole rings is 1. The molecule has 3 aromatic rings. The van der Waals surface area contributed by atoms with Gasteiger partial charge in [0, 0.05) is 17.1 Å². The van der Waals surface area contributed by atoms with E-state index in [0.29, 0.717) is 5.75 Å². The number of nitrogens with one attached hydrogen (secondary N) is 1. The van der Waals surface area contributed by atoms with E-state index in [-0.39, 0.29) is 16.5 Å². The minimum atomic E-state index is -0.385. The van der Waals surface area contributed by atoms with Gasteiger partial charge in [0.1, 0.15) is 15.9 Å². The van der Waals surface area contributed by atoms with Crippen LogP contribution in [0.3, 0.4) is 0 Å². The third-order valence-electron chi connectivity index (χ3n) is 2.68. The third kappa shape index (κ3) is 2.96. The molecule has 0 spiro atoms. The molecule has 1 aromatic carbocycles. The summed E-state index contributed by atoms with van der Waals surface area (Å²) in [5.74, 6) is 0.465. The Bertz CT molecular complexity index is 844. The van der Waals surface area contributed by atoms with Crippen LogP contribution in [-0.4, -0.2) is 15.2 Å². The van der Waals surface area contributed by atoms with Gasteiger partial charge in [0.15, 0.2) is 0 Å². The number of aryl methyl sites for hydroxylation is 1. The Morgan fingerprint density at radius 2 is 2.14 bits per heavy atom. The molecule has 0 amide bonds. The lowest BCUT2D eigenvalue weighted by atomic mass is 10.2. The molecule has 21 heavy (non-hydrogen) atoms. The predicted octanol–water partition coefficient (Wildman–Crippen LogP) is 3.65. The number of hydrogen-bond acceptors (Lipinski definition) is 5. The summed E-state index contributed by atoms with van der Waals surface area (Å²) in [4.78, 5) is 16.2. The zero-order valence-corrected chi connectivity index (χ0v) is 12.5. The van der Waals surface area contributed by atoms with Crippen molar-refractivity contribution in [3.8, 4) is 22.2 Å². The fourth-order valence-electron chi connectivity index (χ4n) is 1.76. The number of nitrogens with zero attached hydrogens (tertiary/aromatic N) is 2. The van der Waals surface area contributed by atoms with Crippen LogP contribution in [0, 0.1) is 6.92 Å². The SMILES string of the molecule is Cc1csc(-c2ccccc2Oc2n[nH]c(Cl)cc2=O)n1. The predicted molar refractivity (Wildman–Crippen MR) is 82.2 cm³/mol. The smallest absolute Gasteiger partial charge is 0.285 e. The summed E-state index contributed by atoms with van der Waals surface area (Å²) in [6.07, 6.45) is 0. The molecule has 0 unspecified atom stereocenters. The minimum Gasteiger partial charge on any atom is -0.434 e. The van der Waals surface area contributed by atoms with Crippen LogP contribution in [-0.2, 0) is 0 Å². The summed E-state index contributed by atoms with van der Waals surface area (Å²) in [7, 11) is 0. The van der Waals surface area contributed by atoms with Gasteiger partial charge < -0.3 is 4.74 Å². The molecule has 0 saturated heterocycles. The molecule has 2 heterocycles. The van der Waals surface area contributed by atoms with Gasteiger partial charge in [-0.1, -0.05) is 23.7 Å². The van der Waals surface area contributed by atoms with Crippen LogP contribution in [0.25, 0.3) is 10.6 Å². The molecule has 0 saturated carbocycles. The van der Waals surface area contributed by atoms with Crippen molar-refractivity contribution in [2.45, 2.75) is 6.92 Å². The standard InChI is InChI=1S/C14H10ClN3O2S/c1-8-7-21-14(16-8)9-4-2-3-5-11(9)20-13-10(19)6-12(15)17-18-13/h2-7H,1H3,(H,17,19). The molecule has 1 N–H and O–H groups in total. The minimum absolute atomic E-state index is 0.0554. The maximum Gasteiger partial charge on any atom is 0.285 e. The highest BCUT2D eigenvalue weighted by Gasteiger charge is 2.12. The summed E-state index contributed by atoms with van der Waals surface area (Å²) in [6, 6.07) is 8.58. The monoisotopic (exact) mass is 319 g/mol. The van der Waals surface area contributed by atoms with E-state index < -0.39 is 0 Å². The normalized spacial score (nSPS) is 10.6. The average molecular weight is 320 g/mol. The van der Waals surface area contributed by atoms with Gasteiger partial charge >= 0.3 is 0 Å². The van der Waals surface area contributed by atoms with E-state index in [4.69, 9.17) is 16.3 Å². The van der Waals surface area contributed by atoms with E-state index in [0.717, 1.165) is 16.3 Å². The molecule has 0 bridgehead atoms. The quantitative estimate of drug-likeness (QED) is 0.800. The van der Waals surface area contributed by atoms with Crippen LogP contribution in [0.15, 0.2) is 40.5 Å². The maximum absolute atomic E-state index is 11.8. The van der Waals surface area contributed by atoms with E-state index in [1.165, 1.54) is 17.4 Å². The zero-order chi connectivity index (χ0) is 14.8. The van der Waals surface area contributed by atoms with Crippen LogP contribution in [0.4, 0.5) is 0 Å². The molecular weight excluding hydrogens is 310 g/mol. The van der Waals surface area contributed by atoms with Crippen molar-refractivity contribution in [1.29, 1.82) is 0 Å². The highest BCUT2D eigenvalue weighted by atomic mass is 35.5. The summed E-state index contributed by atoms with van der Waals surface area (Å²) < 4.78 is 5.61. The summed E-state index contributed by atoms with van der Waals surface area (Å²) in [5, 5.41) is 9.25. The number of aromatic nitrogens is 3. The number of benzene rings is 1. The largest absolute Gasteiger partial charge is 0.434 e. The Labute approximate surface area is 129 Å². The van der Waals surface area contributed by atoms with E-state index in [2.05, 4.69) is 15.2 Å². The molecular formula is C14H10ClN3O2S. The molecule has 0 aliphatic heterocycles. The first kappa shape index (κ1) is 13.8. The van der Waals surface area contributed by atoms with Gasteiger partial charge in [-0.2, -0.15) is 0 Å². The van der Waals surface area contributed by atoms with Gasteiger partial charge in [-0.15, -0.1) is 16.4 Å². The van der Waals surface area contributed by atoms with E-state index in [1.807, 2.05) is 30.5 Å². The van der Waals surface area contributed by atoms with E-state index in [9.17, 15) is 4.79 Å². The Morgan fingerprint density at radius 1 is 1.33 bits per heavy atom. The molecule has 0 radical (unpaired) electrons. The van der Waals surface area contributed by atoms with Crippen molar-refractivity contribution < 1.29 is 4.74 Å². The Balaban J connectivity index is 2.01. The fraction of sp³-hybridized carbons (Fsp3) is 0.0714. The highest BCUT2D eigenvalue weighted by molar-refractivity contribution is 7.13. The summed E-state index contributed by atoms with van der Waals surface area (Å²) >= 11 is 7.18. The van der Waals surface area contributed by atoms with Gasteiger partial charge in [-0.3, -0.25) is 9.89 Å². The van der Waals surface area contributed by atoms with Crippen LogP contribution in [0.2, 0.25) is 5.15 Å². The molecule has 0 aliphatic carbocycles. The lowest BCUT2D eigenvalue weighted by molar-refractivity contribution is 0.452. The zero-order valence-electron chi connectivity index (χ0n) is 11.0. The molecule has 0 fully saturated rings. The maximum atomic E-state index is 11.8. The highest BCUT2D eigenvalue weighted by Crippen LogP contribution is 2.33. The molecule has 2 aromatic heterocycles. The molecule has 7 heteroatoms. The summed E-state index contributed by atoms with van der Waals surface area (Å²) in [6.45, 7) is 1.93. The first-order valence-corrected chi connectivity index (χ1v) is 7.34. The number of rotatable bonds is 3. The van der Waals surface area contributed by atoms with Crippen LogP contribution < -0.4 is 10.2 Å². The Hall–Kier alpha value is -2.18. The van der Waals surface area contributed by atoms with E-state index >= 15 is 0 Å². The van der Waals surface area contributed by atoms with Crippen molar-refractivity contribution in [1.82, 2.24) is 15.2 Å². The van der Waals surface area contributed by atoms with Crippen LogP contribution >= 0.6 is 22.9 Å². The number of para-hydroxylation sites is 1. The first-order valence-electron chi connectivity index (χ1n) is 6.08. The van der Waals surface area contributed by atoms with Gasteiger partial charge in [0.25, 0.3) is 5.88 Å². The number of ether oxygens (including phenoxy) is 1. The second-order valence-corrected chi connectivity index (χ2v) is 5.54. The van der Waals surface area contributed by atoms with Gasteiger partial charge in [-0.05, 0) is 19.1 Å². The van der Waals surface area contributed by atoms with Crippen molar-refractivity contribution in [2.75, 3.05) is 0 Å². The van der Waals surface area contributed by atoms with Gasteiger partial charge in [-0.25, -0.2) is 4.98 Å². The lowest BCUT2D eigenvalue weighted by Gasteiger charge is -2.07. The van der Waals surface area contributed by atoms with Crippen molar-refractivity contribution in [2.24, 2.45) is 0 Å². The molecule has 106 valence electrons. The second kappa shape index (κ2) is 5.67. The number of aromatic amines is 1. The molecule has 0 atom stereocenters. The molecule has 0 aliphatic rings. The molecule has 3 rings (SSSR count). The topological polar surface area (TPSA) is 67.9 Å². The van der Waals surface area contributed by atoms with Crippen LogP contribution in [0.1, 0.15) is 5.69 Å². The summed E-state index contributed by atoms with van der Waals surface area (Å²) in [5.41, 5.74) is 1.36. The Kier molecular flexibility index (Phi) is 3.72. The van der Waals surface area contributed by atoms with Crippen molar-refractivity contribution >= 4 is 22.9 Å².